The molecule has 0 unspecified atom stereocenters. The molecule has 2 rings (SSSR count). The molecule has 0 saturated heterocycles. The Balaban J connectivity index is 2.02. The number of ether oxygens (including phenoxy) is 2. The Bertz CT molecular complexity index is 609. The van der Waals surface area contributed by atoms with Crippen LogP contribution in [0.2, 0.25) is 0 Å². The first kappa shape index (κ1) is 20.8. The van der Waals surface area contributed by atoms with Gasteiger partial charge in [-0.2, -0.15) is 0 Å². The molecule has 0 aliphatic heterocycles. The van der Waals surface area contributed by atoms with Gasteiger partial charge in [-0.05, 0) is 25.0 Å². The highest BCUT2D eigenvalue weighted by molar-refractivity contribution is 7.53. The van der Waals surface area contributed by atoms with Crippen LogP contribution >= 0.6 is 7.60 Å². The summed E-state index contributed by atoms with van der Waals surface area (Å²) in [5.74, 6) is 0. The van der Waals surface area contributed by atoms with Gasteiger partial charge in [0.15, 0.2) is 6.29 Å². The van der Waals surface area contributed by atoms with Crippen molar-refractivity contribution in [3.05, 3.63) is 71.8 Å². The van der Waals surface area contributed by atoms with E-state index < -0.39 is 13.9 Å². The molecule has 0 heterocycles. The molecule has 0 fully saturated rings. The van der Waals surface area contributed by atoms with Crippen LogP contribution in [0.4, 0.5) is 0 Å². The molecule has 0 aliphatic rings. The van der Waals surface area contributed by atoms with Crippen LogP contribution in [-0.2, 0) is 36.3 Å². The minimum atomic E-state index is -3.27. The normalized spacial score (nSPS) is 11.8. The van der Waals surface area contributed by atoms with Gasteiger partial charge in [-0.25, -0.2) is 0 Å². The van der Waals surface area contributed by atoms with E-state index in [1.165, 1.54) is 0 Å². The fourth-order valence-electron chi connectivity index (χ4n) is 2.40. The van der Waals surface area contributed by atoms with Crippen LogP contribution in [-0.4, -0.2) is 25.7 Å². The second-order valence-electron chi connectivity index (χ2n) is 5.65. The molecule has 2 aromatic rings. The van der Waals surface area contributed by atoms with Crippen LogP contribution in [0.1, 0.15) is 25.0 Å². The van der Waals surface area contributed by atoms with Crippen molar-refractivity contribution in [2.24, 2.45) is 0 Å². The maximum Gasteiger partial charge on any atom is 0.335 e. The fraction of sp³-hybridized carbons (Fsp3) is 0.400. The van der Waals surface area contributed by atoms with Crippen LogP contribution in [0.3, 0.4) is 0 Å². The van der Waals surface area contributed by atoms with Crippen LogP contribution in [0.25, 0.3) is 0 Å². The summed E-state index contributed by atoms with van der Waals surface area (Å²) < 4.78 is 35.4. The molecule has 0 saturated carbocycles. The van der Waals surface area contributed by atoms with E-state index in [1.807, 2.05) is 60.7 Å². The van der Waals surface area contributed by atoms with E-state index in [2.05, 4.69) is 0 Å². The van der Waals surface area contributed by atoms with Crippen molar-refractivity contribution in [2.75, 3.05) is 19.4 Å². The van der Waals surface area contributed by atoms with E-state index in [0.29, 0.717) is 26.4 Å². The van der Waals surface area contributed by atoms with Gasteiger partial charge in [-0.3, -0.25) is 4.57 Å². The molecule has 0 aliphatic carbocycles. The van der Waals surface area contributed by atoms with Gasteiger partial charge in [-0.15, -0.1) is 0 Å². The second-order valence-corrected chi connectivity index (χ2v) is 7.76. The van der Waals surface area contributed by atoms with Crippen molar-refractivity contribution >= 4 is 7.60 Å². The minimum absolute atomic E-state index is 0.0499. The van der Waals surface area contributed by atoms with Crippen molar-refractivity contribution in [3.63, 3.8) is 0 Å². The number of rotatable bonds is 12. The molecule has 0 radical (unpaired) electrons. The van der Waals surface area contributed by atoms with Gasteiger partial charge in [0.2, 0.25) is 0 Å². The molecule has 142 valence electrons. The first-order chi connectivity index (χ1) is 12.6. The van der Waals surface area contributed by atoms with Gasteiger partial charge < -0.3 is 18.5 Å². The van der Waals surface area contributed by atoms with E-state index in [4.69, 9.17) is 18.5 Å². The first-order valence-electron chi connectivity index (χ1n) is 8.84. The Hall–Kier alpha value is -1.49. The minimum Gasteiger partial charge on any atom is -0.347 e. The average Bonchev–Trinajstić information content (AvgIpc) is 2.66. The Labute approximate surface area is 155 Å². The monoisotopic (exact) mass is 378 g/mol. The lowest BCUT2D eigenvalue weighted by Gasteiger charge is -2.24. The predicted molar refractivity (Wildman–Crippen MR) is 102 cm³/mol. The lowest BCUT2D eigenvalue weighted by Crippen LogP contribution is -2.23. The summed E-state index contributed by atoms with van der Waals surface area (Å²) in [6.07, 6.45) is -0.645. The average molecular weight is 378 g/mol. The number of hydrogen-bond donors (Lipinski definition) is 0. The van der Waals surface area contributed by atoms with Crippen molar-refractivity contribution in [2.45, 2.75) is 33.4 Å². The van der Waals surface area contributed by atoms with Crippen LogP contribution < -0.4 is 0 Å². The Morgan fingerprint density at radius 1 is 0.769 bits per heavy atom. The van der Waals surface area contributed by atoms with Gasteiger partial charge in [-0.1, -0.05) is 60.7 Å². The maximum absolute atomic E-state index is 12.8. The van der Waals surface area contributed by atoms with Crippen molar-refractivity contribution in [1.82, 2.24) is 0 Å². The molecule has 26 heavy (non-hydrogen) atoms. The molecular formula is C20H27O5P. The quantitative estimate of drug-likeness (QED) is 0.384. The molecule has 0 atom stereocenters. The summed E-state index contributed by atoms with van der Waals surface area (Å²) in [7, 11) is -3.27. The Morgan fingerprint density at radius 3 is 1.58 bits per heavy atom. The van der Waals surface area contributed by atoms with Crippen molar-refractivity contribution in [1.29, 1.82) is 0 Å². The summed E-state index contributed by atoms with van der Waals surface area (Å²) >= 11 is 0. The van der Waals surface area contributed by atoms with E-state index in [9.17, 15) is 4.57 Å². The Morgan fingerprint density at radius 2 is 1.19 bits per heavy atom. The molecule has 0 N–H and O–H groups in total. The summed E-state index contributed by atoms with van der Waals surface area (Å²) in [5.41, 5.74) is 2.03. The van der Waals surface area contributed by atoms with Crippen LogP contribution in [0.5, 0.6) is 0 Å². The third-order valence-electron chi connectivity index (χ3n) is 3.58. The Kier molecular flexibility index (Phi) is 9.02. The SMILES string of the molecule is CCOP(=O)(CC(OCc1ccccc1)OCc1ccccc1)OCC. The van der Waals surface area contributed by atoms with E-state index in [-0.39, 0.29) is 6.16 Å². The summed E-state index contributed by atoms with van der Waals surface area (Å²) in [6.45, 7) is 4.91. The van der Waals surface area contributed by atoms with Crippen LogP contribution in [0, 0.1) is 0 Å². The lowest BCUT2D eigenvalue weighted by molar-refractivity contribution is -0.144. The third-order valence-corrected chi connectivity index (χ3v) is 5.63. The molecular weight excluding hydrogens is 351 g/mol. The molecule has 0 bridgehead atoms. The summed E-state index contributed by atoms with van der Waals surface area (Å²) in [4.78, 5) is 0. The topological polar surface area (TPSA) is 54.0 Å². The van der Waals surface area contributed by atoms with E-state index >= 15 is 0 Å². The third kappa shape index (κ3) is 7.40. The zero-order valence-corrected chi connectivity index (χ0v) is 16.3. The largest absolute Gasteiger partial charge is 0.347 e. The second kappa shape index (κ2) is 11.3. The van der Waals surface area contributed by atoms with E-state index in [1.54, 1.807) is 13.8 Å². The lowest BCUT2D eigenvalue weighted by atomic mass is 10.2. The van der Waals surface area contributed by atoms with Gasteiger partial charge in [0.25, 0.3) is 0 Å². The maximum atomic E-state index is 12.8. The zero-order chi connectivity index (χ0) is 18.7. The molecule has 0 aromatic heterocycles. The molecule has 0 amide bonds. The predicted octanol–water partition coefficient (Wildman–Crippen LogP) is 5.01. The molecule has 2 aromatic carbocycles. The molecule has 6 heteroatoms. The highest BCUT2D eigenvalue weighted by Gasteiger charge is 2.30. The summed E-state index contributed by atoms with van der Waals surface area (Å²) in [6, 6.07) is 19.6. The van der Waals surface area contributed by atoms with Gasteiger partial charge >= 0.3 is 7.60 Å². The highest BCUT2D eigenvalue weighted by Crippen LogP contribution is 2.49. The van der Waals surface area contributed by atoms with Gasteiger partial charge in [0, 0.05) is 0 Å². The number of hydrogen-bond acceptors (Lipinski definition) is 5. The number of benzene rings is 2. The van der Waals surface area contributed by atoms with Gasteiger partial charge in [0.05, 0.1) is 26.4 Å². The van der Waals surface area contributed by atoms with Crippen molar-refractivity contribution in [3.8, 4) is 0 Å². The van der Waals surface area contributed by atoms with Crippen molar-refractivity contribution < 1.29 is 23.1 Å². The first-order valence-corrected chi connectivity index (χ1v) is 10.6. The molecule has 0 spiro atoms. The smallest absolute Gasteiger partial charge is 0.335 e. The summed E-state index contributed by atoms with van der Waals surface area (Å²) in [5, 5.41) is 0. The van der Waals surface area contributed by atoms with E-state index in [0.717, 1.165) is 11.1 Å². The standard InChI is InChI=1S/C20H27O5P/c1-3-24-26(21,25-4-2)17-20(22-15-18-11-7-5-8-12-18)23-16-19-13-9-6-10-14-19/h5-14,20H,3-4,15-17H2,1-2H3. The van der Waals surface area contributed by atoms with Gasteiger partial charge in [0.1, 0.15) is 6.16 Å². The fourth-order valence-corrected chi connectivity index (χ4v) is 4.05. The zero-order valence-electron chi connectivity index (χ0n) is 15.4. The molecule has 5 nitrogen and oxygen atoms in total. The highest BCUT2D eigenvalue weighted by atomic mass is 31.2. The van der Waals surface area contributed by atoms with Crippen LogP contribution in [0.15, 0.2) is 60.7 Å².